The molecule has 5 heteroatoms. The van der Waals surface area contributed by atoms with E-state index in [0.29, 0.717) is 11.5 Å². The fourth-order valence-electron chi connectivity index (χ4n) is 2.48. The Morgan fingerprint density at radius 3 is 2.79 bits per heavy atom. The molecule has 1 fully saturated rings. The Morgan fingerprint density at radius 1 is 1.47 bits per heavy atom. The molecule has 2 rings (SSSR count). The van der Waals surface area contributed by atoms with Crippen molar-refractivity contribution in [2.75, 3.05) is 26.7 Å². The van der Waals surface area contributed by atoms with Crippen LogP contribution in [0.4, 0.5) is 0 Å². The zero-order chi connectivity index (χ0) is 13.8. The quantitative estimate of drug-likeness (QED) is 0.797. The summed E-state index contributed by atoms with van der Waals surface area (Å²) >= 11 is 2.15. The van der Waals surface area contributed by atoms with Crippen molar-refractivity contribution >= 4 is 28.5 Å². The van der Waals surface area contributed by atoms with Crippen molar-refractivity contribution in [3.8, 4) is 5.75 Å². The number of hydrogen-bond donors (Lipinski definition) is 2. The maximum Gasteiger partial charge on any atom is 0.257 e. The highest BCUT2D eigenvalue weighted by molar-refractivity contribution is 14.1. The summed E-state index contributed by atoms with van der Waals surface area (Å²) in [7, 11) is 1.96. The number of amides is 1. The molecule has 0 unspecified atom stereocenters. The van der Waals surface area contributed by atoms with E-state index in [1.807, 2.05) is 11.9 Å². The molecule has 0 atom stereocenters. The van der Waals surface area contributed by atoms with Gasteiger partial charge in [-0.15, -0.1) is 0 Å². The van der Waals surface area contributed by atoms with Crippen LogP contribution in [0, 0.1) is 9.49 Å². The number of phenolic OH excluding ortho intramolecular Hbond substituents is 1. The highest BCUT2D eigenvalue weighted by Gasteiger charge is 2.24. The number of nitrogens with zero attached hydrogens (tertiary/aromatic N) is 1. The summed E-state index contributed by atoms with van der Waals surface area (Å²) in [5.74, 6) is 0.667. The van der Waals surface area contributed by atoms with Crippen molar-refractivity contribution in [2.24, 2.45) is 5.92 Å². The van der Waals surface area contributed by atoms with Crippen molar-refractivity contribution in [3.05, 3.63) is 27.3 Å². The smallest absolute Gasteiger partial charge is 0.257 e. The van der Waals surface area contributed by atoms with Gasteiger partial charge in [-0.2, -0.15) is 0 Å². The largest absolute Gasteiger partial charge is 0.507 e. The number of hydrogen-bond acceptors (Lipinski definition) is 3. The Kier molecular flexibility index (Phi) is 5.04. The minimum atomic E-state index is -0.0566. The number of rotatable bonds is 3. The van der Waals surface area contributed by atoms with Crippen LogP contribution in [0.25, 0.3) is 0 Å². The maximum absolute atomic E-state index is 12.4. The van der Waals surface area contributed by atoms with E-state index in [1.165, 1.54) is 0 Å². The molecule has 1 saturated heterocycles. The van der Waals surface area contributed by atoms with Crippen molar-refractivity contribution in [1.82, 2.24) is 10.2 Å². The van der Waals surface area contributed by atoms with Gasteiger partial charge in [-0.05, 0) is 73.1 Å². The Morgan fingerprint density at radius 2 is 2.16 bits per heavy atom. The monoisotopic (exact) mass is 374 g/mol. The van der Waals surface area contributed by atoms with Gasteiger partial charge in [0.15, 0.2) is 0 Å². The second-order valence-corrected chi connectivity index (χ2v) is 6.20. The van der Waals surface area contributed by atoms with E-state index in [9.17, 15) is 9.90 Å². The topological polar surface area (TPSA) is 52.6 Å². The molecule has 4 nitrogen and oxygen atoms in total. The van der Waals surface area contributed by atoms with Gasteiger partial charge in [0.25, 0.3) is 5.91 Å². The lowest BCUT2D eigenvalue weighted by Crippen LogP contribution is -2.40. The first-order chi connectivity index (χ1) is 9.11. The lowest BCUT2D eigenvalue weighted by Gasteiger charge is -2.32. The summed E-state index contributed by atoms with van der Waals surface area (Å²) in [5.41, 5.74) is 0.416. The van der Waals surface area contributed by atoms with Crippen molar-refractivity contribution in [2.45, 2.75) is 12.8 Å². The number of nitrogens with one attached hydrogen (secondary N) is 1. The Balaban J connectivity index is 2.03. The molecule has 1 aromatic carbocycles. The van der Waals surface area contributed by atoms with E-state index in [1.54, 1.807) is 18.2 Å². The lowest BCUT2D eigenvalue weighted by molar-refractivity contribution is 0.0688. The van der Waals surface area contributed by atoms with Gasteiger partial charge in [-0.1, -0.05) is 0 Å². The van der Waals surface area contributed by atoms with Crippen LogP contribution in [0.5, 0.6) is 5.75 Å². The van der Waals surface area contributed by atoms with Crippen LogP contribution in [-0.4, -0.2) is 42.6 Å². The molecule has 1 aromatic rings. The fraction of sp³-hybridized carbons (Fsp3) is 0.500. The predicted octanol–water partition coefficient (Wildman–Crippen LogP) is 2.07. The SMILES string of the molecule is CNCC1CCN(C(=O)c2cc(I)ccc2O)CC1. The molecule has 19 heavy (non-hydrogen) atoms. The van der Waals surface area contributed by atoms with E-state index >= 15 is 0 Å². The van der Waals surface area contributed by atoms with Crippen LogP contribution in [0.15, 0.2) is 18.2 Å². The molecule has 0 bridgehead atoms. The molecule has 0 radical (unpaired) electrons. The molecule has 104 valence electrons. The van der Waals surface area contributed by atoms with Gasteiger partial charge < -0.3 is 15.3 Å². The van der Waals surface area contributed by atoms with E-state index < -0.39 is 0 Å². The second kappa shape index (κ2) is 6.56. The Bertz CT molecular complexity index is 457. The standard InChI is InChI=1S/C14H19IN2O2/c1-16-9-10-4-6-17(7-5-10)14(19)12-8-11(15)2-3-13(12)18/h2-3,8,10,16,18H,4-7,9H2,1H3. The summed E-state index contributed by atoms with van der Waals surface area (Å²) in [4.78, 5) is 14.2. The van der Waals surface area contributed by atoms with E-state index in [0.717, 1.165) is 36.0 Å². The zero-order valence-electron chi connectivity index (χ0n) is 11.0. The number of aromatic hydroxyl groups is 1. The van der Waals surface area contributed by atoms with Gasteiger partial charge in [-0.3, -0.25) is 4.79 Å². The van der Waals surface area contributed by atoms with Crippen LogP contribution in [0.1, 0.15) is 23.2 Å². The van der Waals surface area contributed by atoms with E-state index in [2.05, 4.69) is 27.9 Å². The molecule has 0 aromatic heterocycles. The van der Waals surface area contributed by atoms with Crippen LogP contribution in [0.3, 0.4) is 0 Å². The molecule has 1 heterocycles. The molecule has 1 aliphatic heterocycles. The van der Waals surface area contributed by atoms with Crippen molar-refractivity contribution < 1.29 is 9.90 Å². The highest BCUT2D eigenvalue weighted by Crippen LogP contribution is 2.24. The first-order valence-electron chi connectivity index (χ1n) is 6.54. The lowest BCUT2D eigenvalue weighted by atomic mass is 9.96. The van der Waals surface area contributed by atoms with Gasteiger partial charge in [0.05, 0.1) is 5.56 Å². The summed E-state index contributed by atoms with van der Waals surface area (Å²) in [6.45, 7) is 2.56. The Hall–Kier alpha value is -0.820. The third-order valence-electron chi connectivity index (χ3n) is 3.58. The normalized spacial score (nSPS) is 16.6. The van der Waals surface area contributed by atoms with Gasteiger partial charge in [0.1, 0.15) is 5.75 Å². The maximum atomic E-state index is 12.4. The van der Waals surface area contributed by atoms with E-state index in [-0.39, 0.29) is 11.7 Å². The van der Waals surface area contributed by atoms with Crippen LogP contribution in [0.2, 0.25) is 0 Å². The van der Waals surface area contributed by atoms with E-state index in [4.69, 9.17) is 0 Å². The minimum Gasteiger partial charge on any atom is -0.507 e. The average molecular weight is 374 g/mol. The average Bonchev–Trinajstić information content (AvgIpc) is 2.42. The van der Waals surface area contributed by atoms with Crippen LogP contribution < -0.4 is 5.32 Å². The predicted molar refractivity (Wildman–Crippen MR) is 83.4 cm³/mol. The van der Waals surface area contributed by atoms with Gasteiger partial charge in [0, 0.05) is 16.7 Å². The van der Waals surface area contributed by atoms with Crippen molar-refractivity contribution in [1.29, 1.82) is 0 Å². The van der Waals surface area contributed by atoms with Gasteiger partial charge in [-0.25, -0.2) is 0 Å². The molecular weight excluding hydrogens is 355 g/mol. The zero-order valence-corrected chi connectivity index (χ0v) is 13.2. The van der Waals surface area contributed by atoms with Gasteiger partial charge >= 0.3 is 0 Å². The number of piperidine rings is 1. The molecule has 0 spiro atoms. The summed E-state index contributed by atoms with van der Waals surface area (Å²) in [5, 5.41) is 13.0. The van der Waals surface area contributed by atoms with Crippen LogP contribution in [-0.2, 0) is 0 Å². The molecule has 1 aliphatic rings. The number of carbonyl (C=O) groups is 1. The minimum absolute atomic E-state index is 0.0566. The van der Waals surface area contributed by atoms with Gasteiger partial charge in [0.2, 0.25) is 0 Å². The number of likely N-dealkylation sites (tertiary alicyclic amines) is 1. The number of carbonyl (C=O) groups excluding carboxylic acids is 1. The summed E-state index contributed by atoms with van der Waals surface area (Å²) in [6, 6.07) is 5.13. The third kappa shape index (κ3) is 3.60. The molecule has 2 N–H and O–H groups in total. The molecule has 0 aliphatic carbocycles. The fourth-order valence-corrected chi connectivity index (χ4v) is 2.97. The summed E-state index contributed by atoms with van der Waals surface area (Å²) in [6.07, 6.45) is 2.05. The first kappa shape index (κ1) is 14.6. The second-order valence-electron chi connectivity index (χ2n) is 4.95. The van der Waals surface area contributed by atoms with Crippen LogP contribution >= 0.6 is 22.6 Å². The molecule has 0 saturated carbocycles. The highest BCUT2D eigenvalue weighted by atomic mass is 127. The number of halogens is 1. The Labute approximate surface area is 127 Å². The molecule has 1 amide bonds. The summed E-state index contributed by atoms with van der Waals surface area (Å²) < 4.78 is 0.962. The first-order valence-corrected chi connectivity index (χ1v) is 7.62. The number of phenols is 1. The molecular formula is C14H19IN2O2. The third-order valence-corrected chi connectivity index (χ3v) is 4.25. The number of benzene rings is 1. The van der Waals surface area contributed by atoms with Crippen molar-refractivity contribution in [3.63, 3.8) is 0 Å².